The first-order valence-corrected chi connectivity index (χ1v) is 24.9. The van der Waals surface area contributed by atoms with E-state index in [1.54, 1.807) is 44.0 Å². The van der Waals surface area contributed by atoms with Crippen molar-refractivity contribution in [2.45, 2.75) is 101 Å². The van der Waals surface area contributed by atoms with Crippen LogP contribution in [0.1, 0.15) is 88.4 Å². The third-order valence-electron chi connectivity index (χ3n) is 15.5. The number of nitrogens with one attached hydrogen (secondary N) is 2. The second kappa shape index (κ2) is 19.7. The number of anilines is 2. The minimum absolute atomic E-state index is 0.00528. The number of nitrogens with zero attached hydrogens (tertiary/aromatic N) is 10. The molecule has 362 valence electrons. The maximum Gasteiger partial charge on any atom is 0.211 e. The van der Waals surface area contributed by atoms with E-state index >= 15 is 0 Å². The van der Waals surface area contributed by atoms with Crippen molar-refractivity contribution in [2.24, 2.45) is 0 Å². The van der Waals surface area contributed by atoms with E-state index in [4.69, 9.17) is 24.9 Å². The molecule has 0 aliphatic carbocycles. The van der Waals surface area contributed by atoms with Crippen LogP contribution in [0.3, 0.4) is 0 Å². The highest BCUT2D eigenvalue weighted by Crippen LogP contribution is 2.46. The van der Waals surface area contributed by atoms with E-state index in [1.807, 2.05) is 65.4 Å². The van der Waals surface area contributed by atoms with Crippen LogP contribution >= 0.6 is 0 Å². The molecule has 4 aliphatic heterocycles. The molecule has 16 nitrogen and oxygen atoms in total. The van der Waals surface area contributed by atoms with Gasteiger partial charge in [0.1, 0.15) is 22.9 Å². The van der Waals surface area contributed by atoms with Crippen LogP contribution in [0.15, 0.2) is 110 Å². The quantitative estimate of drug-likeness (QED) is 0.0738. The molecule has 0 radical (unpaired) electrons. The highest BCUT2D eigenvalue weighted by atomic mass is 16.5. The van der Waals surface area contributed by atoms with Crippen LogP contribution in [0.4, 0.5) is 11.4 Å². The number of fused-ring (bicyclic) bond motifs is 6. The normalized spacial score (nSPS) is 21.7. The molecule has 0 spiro atoms. The number of methoxy groups -OCH3 is 1. The molecule has 4 unspecified atom stereocenters. The molecule has 6 aromatic heterocycles. The van der Waals surface area contributed by atoms with Gasteiger partial charge in [-0.2, -0.15) is 10.2 Å². The Hall–Kier alpha value is -7.56. The lowest BCUT2D eigenvalue weighted by Crippen LogP contribution is -2.42. The van der Waals surface area contributed by atoms with Gasteiger partial charge in [-0.1, -0.05) is 26.0 Å². The number of pyridine rings is 2. The Labute approximate surface area is 412 Å². The summed E-state index contributed by atoms with van der Waals surface area (Å²) in [6, 6.07) is 25.6. The highest BCUT2D eigenvalue weighted by Gasteiger charge is 2.42. The topological polar surface area (TPSA) is 180 Å². The Kier molecular flexibility index (Phi) is 12.7. The minimum Gasteiger partial charge on any atom is -0.506 e. The van der Waals surface area contributed by atoms with Crippen LogP contribution in [0.5, 0.6) is 11.5 Å². The fraction of sp³-hybridized carbons (Fsp3) is 0.345. The molecule has 2 amide bonds. The third-order valence-corrected chi connectivity index (χ3v) is 15.5. The summed E-state index contributed by atoms with van der Waals surface area (Å²) in [5, 5.41) is 26.0. The third kappa shape index (κ3) is 8.44. The SMILES string of the molecule is CCN1C2CCC1CC(c1ccnc3c(-c4ccc(NC=O)c(O)c4)c(-c4ccncc4)nn13)C2.CCN1C2CCC1CC(c1ccnc3c(-c4ccc(NC=O)c(OC)c4)c(-c4ccncc4)nn13)C2. The fourth-order valence-corrected chi connectivity index (χ4v) is 12.5. The van der Waals surface area contributed by atoms with E-state index in [0.717, 1.165) is 94.8 Å². The van der Waals surface area contributed by atoms with Crippen LogP contribution in [0.2, 0.25) is 0 Å². The summed E-state index contributed by atoms with van der Waals surface area (Å²) in [6.45, 7) is 6.79. The zero-order valence-corrected chi connectivity index (χ0v) is 40.2. The first-order valence-electron chi connectivity index (χ1n) is 24.9. The smallest absolute Gasteiger partial charge is 0.211 e. The maximum atomic E-state index is 11.0. The van der Waals surface area contributed by atoms with Gasteiger partial charge in [0, 0.05) is 95.7 Å². The number of benzene rings is 2. The van der Waals surface area contributed by atoms with Crippen molar-refractivity contribution >= 4 is 35.5 Å². The molecule has 4 fully saturated rings. The number of phenols is 1. The highest BCUT2D eigenvalue weighted by molar-refractivity contribution is 5.93. The number of ether oxygens (including phenoxy) is 1. The van der Waals surface area contributed by atoms with Crippen LogP contribution in [0, 0.1) is 0 Å². The summed E-state index contributed by atoms with van der Waals surface area (Å²) >= 11 is 0. The Morgan fingerprint density at radius 2 is 1.01 bits per heavy atom. The van der Waals surface area contributed by atoms with E-state index < -0.39 is 0 Å². The van der Waals surface area contributed by atoms with Crippen LogP contribution in [-0.4, -0.2) is 111 Å². The molecule has 16 heteroatoms. The molecular weight excluding hydrogens is 893 g/mol. The van der Waals surface area contributed by atoms with Crippen LogP contribution in [-0.2, 0) is 9.59 Å². The summed E-state index contributed by atoms with van der Waals surface area (Å²) in [5.74, 6) is 1.45. The van der Waals surface area contributed by atoms with Crippen molar-refractivity contribution in [3.8, 4) is 56.3 Å². The van der Waals surface area contributed by atoms with Gasteiger partial charge < -0.3 is 20.5 Å². The number of carbonyl (C=O) groups is 2. The number of hydrogen-bond donors (Lipinski definition) is 3. The predicted molar refractivity (Wildman–Crippen MR) is 273 cm³/mol. The van der Waals surface area contributed by atoms with Gasteiger partial charge in [-0.15, -0.1) is 0 Å². The Balaban J connectivity index is 0.000000154. The molecule has 3 N–H and O–H groups in total. The number of hydrogen-bond acceptors (Lipinski definition) is 12. The largest absolute Gasteiger partial charge is 0.506 e. The van der Waals surface area contributed by atoms with Gasteiger partial charge in [0.15, 0.2) is 11.3 Å². The number of aromatic nitrogens is 8. The van der Waals surface area contributed by atoms with E-state index in [0.29, 0.717) is 65.9 Å². The van der Waals surface area contributed by atoms with Crippen molar-refractivity contribution in [2.75, 3.05) is 30.8 Å². The molecule has 4 bridgehead atoms. The lowest BCUT2D eigenvalue weighted by atomic mass is 9.88. The minimum atomic E-state index is -0.00528. The van der Waals surface area contributed by atoms with E-state index in [2.05, 4.69) is 60.9 Å². The molecule has 0 saturated carbocycles. The van der Waals surface area contributed by atoms with Gasteiger partial charge in [-0.3, -0.25) is 29.4 Å². The second-order valence-electron chi connectivity index (χ2n) is 19.1. The van der Waals surface area contributed by atoms with Crippen molar-refractivity contribution in [1.29, 1.82) is 0 Å². The number of carbonyl (C=O) groups excluding carboxylic acids is 2. The first-order chi connectivity index (χ1) is 34.9. The second-order valence-corrected chi connectivity index (χ2v) is 19.1. The van der Waals surface area contributed by atoms with Gasteiger partial charge in [-0.25, -0.2) is 19.0 Å². The average molecular weight is 951 g/mol. The summed E-state index contributed by atoms with van der Waals surface area (Å²) in [4.78, 5) is 45.2. The molecule has 71 heavy (non-hydrogen) atoms. The van der Waals surface area contributed by atoms with Crippen molar-refractivity contribution in [3.05, 3.63) is 121 Å². The van der Waals surface area contributed by atoms with Crippen LogP contribution < -0.4 is 15.4 Å². The van der Waals surface area contributed by atoms with E-state index in [1.165, 1.54) is 37.1 Å². The van der Waals surface area contributed by atoms with Gasteiger partial charge in [0.05, 0.1) is 29.6 Å². The summed E-state index contributed by atoms with van der Waals surface area (Å²) in [7, 11) is 1.60. The van der Waals surface area contributed by atoms with Crippen molar-refractivity contribution in [1.82, 2.24) is 49.0 Å². The van der Waals surface area contributed by atoms with E-state index in [-0.39, 0.29) is 5.75 Å². The molecule has 4 aliphatic rings. The number of piperidine rings is 2. The zero-order valence-electron chi connectivity index (χ0n) is 40.2. The summed E-state index contributed by atoms with van der Waals surface area (Å²) in [5.41, 5.74) is 12.0. The zero-order chi connectivity index (χ0) is 48.6. The standard InChI is InChI=1S/C28H30N6O2.C27H28N6O2/c1-3-33-21-5-6-22(33)15-20(14-21)24-10-13-30-28-26(19-4-7-23(31-17-35)25(16-19)36-2)27(32-34(24)28)18-8-11-29-12-9-18;1-2-32-20-4-5-21(32)14-19(13-20)23-9-12-29-27-25(18-3-6-22(30-16-34)24(35)15-18)26(31-33(23)27)17-7-10-28-11-8-17/h4,7-13,16-17,20-22H,3,5-6,14-15H2,1-2H3,(H,31,35);3,6-12,15-16,19-21,35H,2,4-5,13-14H2,1H3,(H,30,34). The van der Waals surface area contributed by atoms with Crippen LogP contribution in [0.25, 0.3) is 56.1 Å². The van der Waals surface area contributed by atoms with Crippen molar-refractivity contribution < 1.29 is 19.4 Å². The van der Waals surface area contributed by atoms with Gasteiger partial charge >= 0.3 is 0 Å². The van der Waals surface area contributed by atoms with Crippen molar-refractivity contribution in [3.63, 3.8) is 0 Å². The predicted octanol–water partition coefficient (Wildman–Crippen LogP) is 9.23. The number of aromatic hydroxyl groups is 1. The van der Waals surface area contributed by atoms with E-state index in [9.17, 15) is 14.7 Å². The summed E-state index contributed by atoms with van der Waals surface area (Å²) in [6.07, 6.45) is 21.8. The molecule has 4 atom stereocenters. The lowest BCUT2D eigenvalue weighted by Gasteiger charge is -2.38. The molecule has 12 rings (SSSR count). The lowest BCUT2D eigenvalue weighted by molar-refractivity contribution is -0.106. The molecule has 2 aromatic carbocycles. The van der Waals surface area contributed by atoms with Gasteiger partial charge in [0.25, 0.3) is 0 Å². The molecule has 10 heterocycles. The average Bonchev–Trinajstić information content (AvgIpc) is 4.14. The number of rotatable bonds is 13. The Morgan fingerprint density at radius 1 is 0.577 bits per heavy atom. The molecule has 8 aromatic rings. The first kappa shape index (κ1) is 45.9. The van der Waals surface area contributed by atoms with Gasteiger partial charge in [0.2, 0.25) is 12.8 Å². The molecular formula is C55H58N12O4. The maximum absolute atomic E-state index is 11.0. The Morgan fingerprint density at radius 3 is 1.44 bits per heavy atom. The molecule has 4 saturated heterocycles. The fourth-order valence-electron chi connectivity index (χ4n) is 12.5. The number of amides is 2. The Bertz CT molecular complexity index is 3190. The summed E-state index contributed by atoms with van der Waals surface area (Å²) < 4.78 is 9.64. The van der Waals surface area contributed by atoms with Gasteiger partial charge in [-0.05, 0) is 136 Å². The monoisotopic (exact) mass is 950 g/mol. The number of phenolic OH excluding ortho intramolecular Hbond substituents is 1.